The van der Waals surface area contributed by atoms with E-state index in [1.807, 2.05) is 42.5 Å². The summed E-state index contributed by atoms with van der Waals surface area (Å²) in [6, 6.07) is 38.3. The monoisotopic (exact) mass is 428 g/mol. The lowest BCUT2D eigenvalue weighted by molar-refractivity contribution is 0.0450. The van der Waals surface area contributed by atoms with Crippen LogP contribution in [0.5, 0.6) is 5.75 Å². The Morgan fingerprint density at radius 1 is 0.581 bits per heavy atom. The Hall–Kier alpha value is -3.50. The third-order valence-corrected chi connectivity index (χ3v) is 7.16. The lowest BCUT2D eigenvalue weighted by Gasteiger charge is -2.23. The average molecular weight is 429 g/mol. The summed E-state index contributed by atoms with van der Waals surface area (Å²) in [7, 11) is -0.634. The van der Waals surface area contributed by atoms with Crippen molar-refractivity contribution in [1.29, 1.82) is 0 Å². The minimum Gasteiger partial charge on any atom is -0.490 e. The van der Waals surface area contributed by atoms with E-state index in [9.17, 15) is 4.79 Å². The largest absolute Gasteiger partial charge is 0.490 e. The van der Waals surface area contributed by atoms with Crippen LogP contribution >= 0.6 is 10.9 Å². The molecule has 0 bridgehead atoms. The van der Waals surface area contributed by atoms with Gasteiger partial charge in [-0.1, -0.05) is 54.6 Å². The van der Waals surface area contributed by atoms with Crippen molar-refractivity contribution in [2.45, 2.75) is 14.7 Å². The molecule has 0 aliphatic carbocycles. The molecule has 0 aliphatic heterocycles. The number of rotatable bonds is 8. The van der Waals surface area contributed by atoms with Gasteiger partial charge in [0.2, 0.25) is 0 Å². The van der Waals surface area contributed by atoms with Crippen LogP contribution in [0.2, 0.25) is 0 Å². The molecular weight excluding hydrogens is 404 g/mol. The van der Waals surface area contributed by atoms with Gasteiger partial charge in [-0.05, 0) is 75.4 Å². The van der Waals surface area contributed by atoms with Crippen LogP contribution in [-0.2, 0) is 4.74 Å². The molecule has 4 aromatic carbocycles. The highest BCUT2D eigenvalue weighted by atomic mass is 32.2. The van der Waals surface area contributed by atoms with Crippen molar-refractivity contribution < 1.29 is 14.3 Å². The van der Waals surface area contributed by atoms with Gasteiger partial charge in [0.05, 0.1) is 5.56 Å². The Balaban J connectivity index is 1.39. The Morgan fingerprint density at radius 2 is 1.06 bits per heavy atom. The maximum Gasteiger partial charge on any atom is 0.338 e. The molecule has 0 heterocycles. The molecule has 4 rings (SSSR count). The van der Waals surface area contributed by atoms with Gasteiger partial charge in [-0.2, -0.15) is 10.9 Å². The second-order valence-corrected chi connectivity index (χ2v) is 9.07. The highest BCUT2D eigenvalue weighted by Gasteiger charge is 2.12. The van der Waals surface area contributed by atoms with Crippen molar-refractivity contribution in [3.05, 3.63) is 121 Å². The summed E-state index contributed by atoms with van der Waals surface area (Å²) in [4.78, 5) is 15.8. The van der Waals surface area contributed by atoms with Crippen LogP contribution in [0.15, 0.2) is 130 Å². The van der Waals surface area contributed by atoms with Gasteiger partial charge in [0, 0.05) is 0 Å². The smallest absolute Gasteiger partial charge is 0.338 e. The molecule has 0 saturated heterocycles. The molecule has 3 nitrogen and oxygen atoms in total. The summed E-state index contributed by atoms with van der Waals surface area (Å²) < 4.78 is 11.0. The van der Waals surface area contributed by atoms with Crippen LogP contribution in [0.25, 0.3) is 0 Å². The highest BCUT2D eigenvalue weighted by Crippen LogP contribution is 2.51. The molecular formula is C27H24O3S. The molecule has 0 N–H and O–H groups in total. The molecule has 0 saturated carbocycles. The van der Waals surface area contributed by atoms with Crippen LogP contribution < -0.4 is 4.74 Å². The normalized spacial score (nSPS) is 10.9. The van der Waals surface area contributed by atoms with Crippen molar-refractivity contribution in [3.63, 3.8) is 0 Å². The minimum atomic E-state index is -0.634. The summed E-state index contributed by atoms with van der Waals surface area (Å²) >= 11 is 0. The summed E-state index contributed by atoms with van der Waals surface area (Å²) in [6.45, 7) is 0.514. The van der Waals surface area contributed by atoms with E-state index < -0.39 is 10.9 Å². The van der Waals surface area contributed by atoms with Crippen molar-refractivity contribution in [2.24, 2.45) is 0 Å². The van der Waals surface area contributed by atoms with E-state index in [0.717, 1.165) is 5.75 Å². The molecule has 0 amide bonds. The van der Waals surface area contributed by atoms with E-state index in [2.05, 4.69) is 60.7 Å². The molecule has 4 heteroatoms. The van der Waals surface area contributed by atoms with Gasteiger partial charge < -0.3 is 9.47 Å². The molecule has 31 heavy (non-hydrogen) atoms. The topological polar surface area (TPSA) is 35.5 Å². The van der Waals surface area contributed by atoms with Gasteiger partial charge in [-0.3, -0.25) is 0 Å². The quantitative estimate of drug-likeness (QED) is 0.200. The van der Waals surface area contributed by atoms with Crippen molar-refractivity contribution in [1.82, 2.24) is 0 Å². The Labute approximate surface area is 185 Å². The first-order valence-electron chi connectivity index (χ1n) is 10.2. The van der Waals surface area contributed by atoms with Crippen molar-refractivity contribution in [2.75, 3.05) is 13.2 Å². The number of carbonyl (C=O) groups excluding carboxylic acids is 1. The number of esters is 1. The Kier molecular flexibility index (Phi) is 7.04. The molecule has 4 aromatic rings. The molecule has 0 fully saturated rings. The van der Waals surface area contributed by atoms with E-state index >= 15 is 0 Å². The second-order valence-electron chi connectivity index (χ2n) is 6.85. The fourth-order valence-electron chi connectivity index (χ4n) is 3.24. The van der Waals surface area contributed by atoms with Crippen LogP contribution in [0.4, 0.5) is 0 Å². The second kappa shape index (κ2) is 10.5. The lowest BCUT2D eigenvalue weighted by atomic mass is 10.2. The van der Waals surface area contributed by atoms with Gasteiger partial charge in [0.1, 0.15) is 19.0 Å². The van der Waals surface area contributed by atoms with Crippen molar-refractivity contribution >= 4 is 16.9 Å². The predicted molar refractivity (Wildman–Crippen MR) is 125 cm³/mol. The zero-order chi connectivity index (χ0) is 21.3. The molecule has 0 atom stereocenters. The van der Waals surface area contributed by atoms with E-state index in [-0.39, 0.29) is 12.6 Å². The predicted octanol–water partition coefficient (Wildman–Crippen LogP) is 6.40. The maximum absolute atomic E-state index is 12.0. The number of hydrogen-bond donors (Lipinski definition) is 1. The average Bonchev–Trinajstić information content (AvgIpc) is 2.85. The van der Waals surface area contributed by atoms with Crippen molar-refractivity contribution in [3.8, 4) is 5.75 Å². The van der Waals surface area contributed by atoms with Gasteiger partial charge in [0.15, 0.2) is 0 Å². The first kappa shape index (κ1) is 20.8. The number of hydrogen-bond acceptors (Lipinski definition) is 3. The van der Waals surface area contributed by atoms with Gasteiger partial charge in [-0.25, -0.2) is 4.79 Å². The summed E-state index contributed by atoms with van der Waals surface area (Å²) in [5.41, 5.74) is 0.544. The molecule has 0 aliphatic rings. The zero-order valence-corrected chi connectivity index (χ0v) is 18.0. The summed E-state index contributed by atoms with van der Waals surface area (Å²) in [5.74, 6) is 0.423. The van der Waals surface area contributed by atoms with E-state index in [1.54, 1.807) is 12.1 Å². The van der Waals surface area contributed by atoms with Gasteiger partial charge in [0.25, 0.3) is 0 Å². The Morgan fingerprint density at radius 3 is 1.61 bits per heavy atom. The van der Waals surface area contributed by atoms with Gasteiger partial charge in [-0.15, -0.1) is 0 Å². The lowest BCUT2D eigenvalue weighted by Crippen LogP contribution is -2.12. The third-order valence-electron chi connectivity index (χ3n) is 4.72. The SMILES string of the molecule is O=C(OCCOc1ccc([SH](c2ccccc2)c2ccccc2)cc1)c1ccccc1. The molecule has 0 radical (unpaired) electrons. The summed E-state index contributed by atoms with van der Waals surface area (Å²) in [5, 5.41) is 0. The zero-order valence-electron chi connectivity index (χ0n) is 17.1. The fraction of sp³-hybridized carbons (Fsp3) is 0.0741. The van der Waals surface area contributed by atoms with Crippen LogP contribution in [0.3, 0.4) is 0 Å². The fourth-order valence-corrected chi connectivity index (χ4v) is 5.53. The molecule has 0 spiro atoms. The van der Waals surface area contributed by atoms with Crippen LogP contribution in [0, 0.1) is 0 Å². The van der Waals surface area contributed by atoms with Crippen LogP contribution in [-0.4, -0.2) is 19.2 Å². The number of benzene rings is 4. The number of thiol groups is 1. The van der Waals surface area contributed by atoms with E-state index in [0.29, 0.717) is 12.2 Å². The summed E-state index contributed by atoms with van der Waals surface area (Å²) in [6.07, 6.45) is 0. The first-order valence-corrected chi connectivity index (χ1v) is 11.5. The molecule has 0 unspecified atom stereocenters. The molecule has 156 valence electrons. The van der Waals surface area contributed by atoms with Gasteiger partial charge >= 0.3 is 5.97 Å². The van der Waals surface area contributed by atoms with Crippen LogP contribution in [0.1, 0.15) is 10.4 Å². The third kappa shape index (κ3) is 5.56. The highest BCUT2D eigenvalue weighted by molar-refractivity contribution is 8.17. The maximum atomic E-state index is 12.0. The first-order chi connectivity index (χ1) is 15.3. The number of carbonyl (C=O) groups is 1. The standard InChI is InChI=1S/C27H24O3S/c28-27(22-10-4-1-5-11-22)30-21-20-29-23-16-18-26(19-17-23)31(24-12-6-2-7-13-24)25-14-8-3-9-15-25/h1-19,31H,20-21H2. The Bertz CT molecular complexity index is 1040. The number of ether oxygens (including phenoxy) is 2. The minimum absolute atomic E-state index is 0.205. The van der Waals surface area contributed by atoms with E-state index in [4.69, 9.17) is 9.47 Å². The molecule has 0 aromatic heterocycles. The van der Waals surface area contributed by atoms with E-state index in [1.165, 1.54) is 14.7 Å².